The summed E-state index contributed by atoms with van der Waals surface area (Å²) < 4.78 is 35.7. The van der Waals surface area contributed by atoms with Crippen LogP contribution in [0.4, 0.5) is 4.39 Å². The predicted octanol–water partition coefficient (Wildman–Crippen LogP) is 2.44. The Morgan fingerprint density at radius 1 is 1.06 bits per heavy atom. The van der Waals surface area contributed by atoms with E-state index in [9.17, 15) is 17.6 Å². The highest BCUT2D eigenvalue weighted by atomic mass is 32.2. The largest absolute Gasteiger partial charge is 0.299 e. The molecule has 2 saturated heterocycles. The van der Waals surface area contributed by atoms with Crippen molar-refractivity contribution in [2.24, 2.45) is 5.92 Å². The number of ketones is 1. The lowest BCUT2D eigenvalue weighted by Gasteiger charge is -2.26. The first-order valence-corrected chi connectivity index (χ1v) is 8.48. The van der Waals surface area contributed by atoms with E-state index >= 15 is 0 Å². The molecule has 2 unspecified atom stereocenters. The van der Waals surface area contributed by atoms with Crippen LogP contribution in [0.3, 0.4) is 0 Å². The van der Waals surface area contributed by atoms with Gasteiger partial charge >= 0.3 is 0 Å². The van der Waals surface area contributed by atoms with E-state index in [1.54, 1.807) is 0 Å². The molecule has 0 N–H and O–H groups in total. The quantitative estimate of drug-likeness (QED) is 0.700. The molecule has 2 atom stereocenters. The summed E-state index contributed by atoms with van der Waals surface area (Å²) in [4.78, 5) is 12.0. The van der Waals surface area contributed by atoms with Crippen LogP contribution in [0.1, 0.15) is 51.4 Å². The fourth-order valence-corrected chi connectivity index (χ4v) is 5.72. The zero-order valence-corrected chi connectivity index (χ0v) is 11.4. The molecule has 2 aliphatic rings. The minimum Gasteiger partial charge on any atom is -0.299 e. The topological polar surface area (TPSA) is 51.2 Å². The van der Waals surface area contributed by atoms with E-state index in [-0.39, 0.29) is 28.9 Å². The number of sulfone groups is 1. The third-order valence-corrected chi connectivity index (χ3v) is 7.06. The number of carbonyl (C=O) groups is 1. The van der Waals surface area contributed by atoms with Crippen molar-refractivity contribution in [3.63, 3.8) is 0 Å². The van der Waals surface area contributed by atoms with Crippen molar-refractivity contribution in [3.05, 3.63) is 0 Å². The molecule has 104 valence electrons. The molecule has 18 heavy (non-hydrogen) atoms. The molecule has 0 aromatic rings. The van der Waals surface area contributed by atoms with Crippen molar-refractivity contribution in [3.8, 4) is 0 Å². The third kappa shape index (κ3) is 2.76. The molecule has 3 nitrogen and oxygen atoms in total. The molecular formula is C13H21FO3S. The van der Waals surface area contributed by atoms with E-state index in [4.69, 9.17) is 0 Å². The average Bonchev–Trinajstić information content (AvgIpc) is 2.56. The first kappa shape index (κ1) is 14.0. The van der Waals surface area contributed by atoms with Crippen LogP contribution in [-0.4, -0.2) is 31.4 Å². The molecule has 0 aromatic heterocycles. The van der Waals surface area contributed by atoms with Gasteiger partial charge in [0.05, 0.1) is 17.2 Å². The second kappa shape index (κ2) is 5.68. The van der Waals surface area contributed by atoms with Crippen LogP contribution in [0.5, 0.6) is 0 Å². The van der Waals surface area contributed by atoms with Gasteiger partial charge < -0.3 is 0 Å². The summed E-state index contributed by atoms with van der Waals surface area (Å²) in [6, 6.07) is 0. The van der Waals surface area contributed by atoms with Crippen LogP contribution in [0.25, 0.3) is 0 Å². The molecule has 2 aliphatic heterocycles. The van der Waals surface area contributed by atoms with Gasteiger partial charge in [-0.15, -0.1) is 0 Å². The highest BCUT2D eigenvalue weighted by Gasteiger charge is 2.48. The second-order valence-electron chi connectivity index (χ2n) is 5.54. The predicted molar refractivity (Wildman–Crippen MR) is 67.9 cm³/mol. The van der Waals surface area contributed by atoms with Gasteiger partial charge in [0.15, 0.2) is 9.84 Å². The maximum absolute atomic E-state index is 12.0. The Bertz CT molecular complexity index is 384. The average molecular weight is 276 g/mol. The van der Waals surface area contributed by atoms with E-state index in [0.717, 1.165) is 25.7 Å². The van der Waals surface area contributed by atoms with E-state index in [1.807, 2.05) is 0 Å². The van der Waals surface area contributed by atoms with Crippen LogP contribution in [0.2, 0.25) is 0 Å². The summed E-state index contributed by atoms with van der Waals surface area (Å²) in [7, 11) is -2.93. The number of unbranched alkanes of at least 4 members (excludes halogenated alkanes) is 2. The minimum absolute atomic E-state index is 0.0589. The number of alkyl halides is 1. The number of rotatable bonds is 6. The Labute approximate surface area is 108 Å². The smallest absolute Gasteiger partial charge is 0.156 e. The fourth-order valence-electron chi connectivity index (χ4n) is 3.24. The molecule has 0 amide bonds. The van der Waals surface area contributed by atoms with Gasteiger partial charge in [-0.25, -0.2) is 8.42 Å². The van der Waals surface area contributed by atoms with Crippen LogP contribution in [0, 0.1) is 5.92 Å². The van der Waals surface area contributed by atoms with Gasteiger partial charge in [0.1, 0.15) is 5.78 Å². The number of carbonyl (C=O) groups excluding carboxylic acids is 1. The molecule has 2 fully saturated rings. The molecule has 0 saturated carbocycles. The molecule has 0 aromatic carbocycles. The van der Waals surface area contributed by atoms with Gasteiger partial charge in [0.25, 0.3) is 0 Å². The van der Waals surface area contributed by atoms with E-state index < -0.39 is 9.84 Å². The van der Waals surface area contributed by atoms with Gasteiger partial charge in [-0.3, -0.25) is 9.18 Å². The Morgan fingerprint density at radius 3 is 2.22 bits per heavy atom. The van der Waals surface area contributed by atoms with Crippen molar-refractivity contribution in [2.45, 2.75) is 61.9 Å². The molecule has 0 spiro atoms. The molecule has 0 aliphatic carbocycles. The highest BCUT2D eigenvalue weighted by molar-refractivity contribution is 7.93. The van der Waals surface area contributed by atoms with E-state index in [2.05, 4.69) is 0 Å². The maximum Gasteiger partial charge on any atom is 0.156 e. The number of hydrogen-bond donors (Lipinski definition) is 0. The normalized spacial score (nSPS) is 33.5. The van der Waals surface area contributed by atoms with Crippen LogP contribution in [-0.2, 0) is 14.6 Å². The van der Waals surface area contributed by atoms with E-state index in [0.29, 0.717) is 25.7 Å². The Kier molecular flexibility index (Phi) is 4.41. The number of hydrogen-bond acceptors (Lipinski definition) is 3. The molecule has 0 radical (unpaired) electrons. The first-order chi connectivity index (χ1) is 8.55. The number of fused-ring (bicyclic) bond motifs is 2. The minimum atomic E-state index is -2.93. The van der Waals surface area contributed by atoms with Gasteiger partial charge in [-0.1, -0.05) is 6.42 Å². The van der Waals surface area contributed by atoms with Gasteiger partial charge in [-0.2, -0.15) is 0 Å². The maximum atomic E-state index is 12.0. The van der Waals surface area contributed by atoms with Crippen LogP contribution in [0.15, 0.2) is 0 Å². The summed E-state index contributed by atoms with van der Waals surface area (Å²) in [6.07, 6.45) is 5.03. The fraction of sp³-hybridized carbons (Fsp3) is 0.923. The third-order valence-electron chi connectivity index (χ3n) is 4.35. The van der Waals surface area contributed by atoms with Crippen molar-refractivity contribution < 1.29 is 17.6 Å². The first-order valence-electron chi connectivity index (χ1n) is 6.87. The summed E-state index contributed by atoms with van der Waals surface area (Å²) in [5, 5.41) is -0.535. The summed E-state index contributed by atoms with van der Waals surface area (Å²) in [5.74, 6) is 0.136. The van der Waals surface area contributed by atoms with Crippen molar-refractivity contribution in [1.29, 1.82) is 0 Å². The Morgan fingerprint density at radius 2 is 1.67 bits per heavy atom. The monoisotopic (exact) mass is 276 g/mol. The second-order valence-corrected chi connectivity index (χ2v) is 8.06. The lowest BCUT2D eigenvalue weighted by molar-refractivity contribution is -0.123. The number of Topliss-reactive ketones (excluding diaryl/α,β-unsaturated/α-hetero) is 1. The Hall–Kier alpha value is -0.450. The molecular weight excluding hydrogens is 255 g/mol. The van der Waals surface area contributed by atoms with Crippen molar-refractivity contribution in [1.82, 2.24) is 0 Å². The molecule has 2 heterocycles. The Balaban J connectivity index is 1.84. The van der Waals surface area contributed by atoms with Crippen molar-refractivity contribution >= 4 is 15.6 Å². The van der Waals surface area contributed by atoms with Crippen LogP contribution < -0.4 is 0 Å². The van der Waals surface area contributed by atoms with Gasteiger partial charge in [0.2, 0.25) is 0 Å². The molecule has 2 rings (SSSR count). The van der Waals surface area contributed by atoms with Crippen LogP contribution >= 0.6 is 0 Å². The zero-order valence-electron chi connectivity index (χ0n) is 10.6. The van der Waals surface area contributed by atoms with E-state index in [1.165, 1.54) is 0 Å². The summed E-state index contributed by atoms with van der Waals surface area (Å²) in [6.45, 7) is -0.319. The SMILES string of the molecule is O=C(CCCCCF)C1CC2CCC(C1)S2(=O)=O. The van der Waals surface area contributed by atoms with Gasteiger partial charge in [0, 0.05) is 12.3 Å². The lowest BCUT2D eigenvalue weighted by Crippen LogP contribution is -2.36. The zero-order chi connectivity index (χ0) is 13.2. The number of halogens is 1. The van der Waals surface area contributed by atoms with Gasteiger partial charge in [-0.05, 0) is 38.5 Å². The van der Waals surface area contributed by atoms with Crippen molar-refractivity contribution in [2.75, 3.05) is 6.67 Å². The summed E-state index contributed by atoms with van der Waals surface area (Å²) >= 11 is 0. The standard InChI is InChI=1S/C13H21FO3S/c14-7-3-1-2-4-13(15)10-8-11-5-6-12(9-10)18(11,16)17/h10-12H,1-9H2. The lowest BCUT2D eigenvalue weighted by atomic mass is 9.91. The molecule has 5 heteroatoms. The highest BCUT2D eigenvalue weighted by Crippen LogP contribution is 2.41. The molecule has 2 bridgehead atoms. The summed E-state index contributed by atoms with van der Waals surface area (Å²) in [5.41, 5.74) is 0.